The zero-order chi connectivity index (χ0) is 23.7. The lowest BCUT2D eigenvalue weighted by Gasteiger charge is -2.15. The van der Waals surface area contributed by atoms with Crippen LogP contribution in [0.4, 0.5) is 22.0 Å². The molecule has 0 aliphatic heterocycles. The molecule has 13 heteroatoms. The van der Waals surface area contributed by atoms with Crippen LogP contribution in [0.25, 0.3) is 16.9 Å². The zero-order valence-electron chi connectivity index (χ0n) is 17.1. The Hall–Kier alpha value is -2.80. The lowest BCUT2D eigenvalue weighted by molar-refractivity contribution is -0.137. The summed E-state index contributed by atoms with van der Waals surface area (Å²) in [6.07, 6.45) is -2.55. The Morgan fingerprint density at radius 1 is 1.16 bits per heavy atom. The van der Waals surface area contributed by atoms with Crippen LogP contribution >= 0.6 is 12.3 Å². The van der Waals surface area contributed by atoms with E-state index in [1.807, 2.05) is 0 Å². The van der Waals surface area contributed by atoms with Gasteiger partial charge >= 0.3 is 6.18 Å². The fourth-order valence-electron chi connectivity index (χ4n) is 2.68. The Balaban J connectivity index is 2.11. The number of fused-ring (bicyclic) bond motifs is 1. The standard InChI is InChI=1S/C19H18F5N3O4S/c1-4-30-32-31-17-16(25-14-6-5-11(8-27(14)17)19(22,23)24)12-9-26(3)15(7-13(12)28)29-10-18(2,20)21/h5-9H,4,10H2,1-3H3. The van der Waals surface area contributed by atoms with Gasteiger partial charge in [-0.15, -0.1) is 0 Å². The molecule has 0 aliphatic rings. The molecule has 7 nitrogen and oxygen atoms in total. The third-order valence-corrected chi connectivity index (χ3v) is 4.66. The average Bonchev–Trinajstić information content (AvgIpc) is 3.05. The van der Waals surface area contributed by atoms with Gasteiger partial charge < -0.3 is 13.5 Å². The van der Waals surface area contributed by atoms with Gasteiger partial charge in [-0.05, 0) is 19.1 Å². The minimum atomic E-state index is -4.61. The van der Waals surface area contributed by atoms with E-state index in [0.717, 1.165) is 28.8 Å². The third kappa shape index (κ3) is 5.33. The van der Waals surface area contributed by atoms with Crippen molar-refractivity contribution in [3.8, 4) is 23.0 Å². The molecular formula is C19H18F5N3O4S. The molecule has 0 radical (unpaired) electrons. The molecule has 0 saturated heterocycles. The van der Waals surface area contributed by atoms with Crippen LogP contribution in [0.5, 0.6) is 11.8 Å². The van der Waals surface area contributed by atoms with Crippen molar-refractivity contribution in [2.75, 3.05) is 13.2 Å². The maximum Gasteiger partial charge on any atom is 0.417 e. The summed E-state index contributed by atoms with van der Waals surface area (Å²) in [6, 6.07) is 2.98. The summed E-state index contributed by atoms with van der Waals surface area (Å²) in [7, 11) is 1.46. The van der Waals surface area contributed by atoms with Crippen LogP contribution in [0.15, 0.2) is 35.4 Å². The van der Waals surface area contributed by atoms with Gasteiger partial charge in [0.05, 0.1) is 17.7 Å². The molecule has 0 atom stereocenters. The Bertz CT molecular complexity index is 1170. The highest BCUT2D eigenvalue weighted by Gasteiger charge is 2.32. The summed E-state index contributed by atoms with van der Waals surface area (Å²) in [4.78, 5) is 16.9. The van der Waals surface area contributed by atoms with Gasteiger partial charge in [0.1, 0.15) is 11.3 Å². The zero-order valence-corrected chi connectivity index (χ0v) is 17.9. The van der Waals surface area contributed by atoms with Crippen molar-refractivity contribution in [1.82, 2.24) is 14.0 Å². The molecule has 0 aliphatic carbocycles. The number of rotatable bonds is 8. The van der Waals surface area contributed by atoms with Crippen LogP contribution in [-0.2, 0) is 17.4 Å². The van der Waals surface area contributed by atoms with Crippen LogP contribution < -0.4 is 14.3 Å². The van der Waals surface area contributed by atoms with Crippen molar-refractivity contribution < 1.29 is 35.1 Å². The number of alkyl halides is 5. The van der Waals surface area contributed by atoms with Gasteiger partial charge in [0.25, 0.3) is 5.92 Å². The molecule has 3 aromatic heterocycles. The SMILES string of the molecule is CCOSOc1c(-c2cn(C)c(OCC(C)(F)F)cc2=O)nc2ccc(C(F)(F)F)cn12. The summed E-state index contributed by atoms with van der Waals surface area (Å²) >= 11 is 0.513. The van der Waals surface area contributed by atoms with Crippen molar-refractivity contribution >= 4 is 18.0 Å². The highest BCUT2D eigenvalue weighted by atomic mass is 32.2. The first kappa shape index (κ1) is 23.9. The molecule has 0 saturated carbocycles. The van der Waals surface area contributed by atoms with E-state index in [1.165, 1.54) is 17.8 Å². The Kier molecular flexibility index (Phi) is 6.69. The third-order valence-electron chi connectivity index (χ3n) is 4.10. The lowest BCUT2D eigenvalue weighted by Crippen LogP contribution is -2.23. The normalized spacial score (nSPS) is 12.4. The molecule has 0 spiro atoms. The highest BCUT2D eigenvalue weighted by molar-refractivity contribution is 7.90. The Morgan fingerprint density at radius 2 is 1.88 bits per heavy atom. The number of halogens is 5. The molecule has 0 fully saturated rings. The van der Waals surface area contributed by atoms with E-state index in [2.05, 4.69) is 4.98 Å². The largest absolute Gasteiger partial charge is 0.472 e. The summed E-state index contributed by atoms with van der Waals surface area (Å²) in [5, 5.41) is 0. The number of ether oxygens (including phenoxy) is 1. The first-order chi connectivity index (χ1) is 14.9. The maximum atomic E-state index is 13.2. The van der Waals surface area contributed by atoms with Crippen molar-refractivity contribution in [2.45, 2.75) is 25.9 Å². The monoisotopic (exact) mass is 479 g/mol. The number of hydrogen-bond donors (Lipinski definition) is 0. The molecule has 3 rings (SSSR count). The Morgan fingerprint density at radius 3 is 2.50 bits per heavy atom. The first-order valence-electron chi connectivity index (χ1n) is 9.18. The van der Waals surface area contributed by atoms with Crippen molar-refractivity contribution in [3.05, 3.63) is 46.4 Å². The first-order valence-corrected chi connectivity index (χ1v) is 9.84. The van der Waals surface area contributed by atoms with Gasteiger partial charge in [0.15, 0.2) is 17.9 Å². The minimum Gasteiger partial charge on any atom is -0.472 e. The van der Waals surface area contributed by atoms with E-state index in [1.54, 1.807) is 6.92 Å². The number of imidazole rings is 1. The fourth-order valence-corrected chi connectivity index (χ4v) is 3.05. The summed E-state index contributed by atoms with van der Waals surface area (Å²) in [5.74, 6) is -3.39. The lowest BCUT2D eigenvalue weighted by atomic mass is 10.2. The number of aromatic nitrogens is 3. The van der Waals surface area contributed by atoms with Crippen molar-refractivity contribution in [1.29, 1.82) is 0 Å². The van der Waals surface area contributed by atoms with E-state index in [9.17, 15) is 26.7 Å². The molecule has 32 heavy (non-hydrogen) atoms. The van der Waals surface area contributed by atoms with Crippen LogP contribution in [0.3, 0.4) is 0 Å². The molecule has 174 valence electrons. The van der Waals surface area contributed by atoms with E-state index >= 15 is 0 Å². The summed E-state index contributed by atoms with van der Waals surface area (Å²) in [5.41, 5.74) is -1.59. The van der Waals surface area contributed by atoms with Gasteiger partial charge in [0, 0.05) is 32.4 Å². The molecule has 0 aromatic carbocycles. The summed E-state index contributed by atoms with van der Waals surface area (Å²) < 4.78 is 83.5. The second-order valence-electron chi connectivity index (χ2n) is 6.83. The minimum absolute atomic E-state index is 0.0348. The second kappa shape index (κ2) is 8.98. The van der Waals surface area contributed by atoms with Gasteiger partial charge in [-0.2, -0.15) is 13.2 Å². The molecule has 3 heterocycles. The fraction of sp³-hybridized carbons (Fsp3) is 0.368. The molecular weight excluding hydrogens is 461 g/mol. The average molecular weight is 479 g/mol. The van der Waals surface area contributed by atoms with Crippen LogP contribution in [-0.4, -0.2) is 33.1 Å². The van der Waals surface area contributed by atoms with Gasteiger partial charge in [0.2, 0.25) is 18.2 Å². The van der Waals surface area contributed by atoms with Gasteiger partial charge in [-0.1, -0.05) is 0 Å². The summed E-state index contributed by atoms with van der Waals surface area (Å²) in [6.45, 7) is 1.67. The maximum absolute atomic E-state index is 13.2. The number of hydrogen-bond acceptors (Lipinski definition) is 6. The van der Waals surface area contributed by atoms with E-state index in [4.69, 9.17) is 13.1 Å². The van der Waals surface area contributed by atoms with E-state index in [0.29, 0.717) is 19.2 Å². The highest BCUT2D eigenvalue weighted by Crippen LogP contribution is 2.35. The molecule has 0 bridgehead atoms. The molecule has 0 amide bonds. The molecule has 0 N–H and O–H groups in total. The van der Waals surface area contributed by atoms with Crippen molar-refractivity contribution in [2.24, 2.45) is 7.05 Å². The van der Waals surface area contributed by atoms with E-state index < -0.39 is 29.7 Å². The number of pyridine rings is 2. The smallest absolute Gasteiger partial charge is 0.417 e. The topological polar surface area (TPSA) is 67.0 Å². The van der Waals surface area contributed by atoms with Crippen LogP contribution in [0, 0.1) is 0 Å². The molecule has 0 unspecified atom stereocenters. The number of nitrogens with zero attached hydrogens (tertiary/aromatic N) is 3. The number of aryl methyl sites for hydroxylation is 1. The quantitative estimate of drug-likeness (QED) is 0.264. The van der Waals surface area contributed by atoms with Crippen molar-refractivity contribution in [3.63, 3.8) is 0 Å². The van der Waals surface area contributed by atoms with Crippen LogP contribution in [0.2, 0.25) is 0 Å². The predicted octanol–water partition coefficient (Wildman–Crippen LogP) is 4.73. The van der Waals surface area contributed by atoms with Crippen LogP contribution in [0.1, 0.15) is 19.4 Å². The second-order valence-corrected chi connectivity index (χ2v) is 7.37. The van der Waals surface area contributed by atoms with Gasteiger partial charge in [-0.25, -0.2) is 13.8 Å². The predicted molar refractivity (Wildman–Crippen MR) is 107 cm³/mol. The van der Waals surface area contributed by atoms with Gasteiger partial charge in [-0.3, -0.25) is 13.4 Å². The Labute approximate surface area is 183 Å². The molecule has 3 aromatic rings. The van der Waals surface area contributed by atoms with E-state index in [-0.39, 0.29) is 35.3 Å².